The van der Waals surface area contributed by atoms with Crippen molar-refractivity contribution < 1.29 is 31.5 Å². The largest absolute Gasteiger partial charge is 0.469 e. The van der Waals surface area contributed by atoms with Gasteiger partial charge >= 0.3 is 12.1 Å². The second-order valence-electron chi connectivity index (χ2n) is 3.41. The van der Waals surface area contributed by atoms with Crippen LogP contribution in [0.4, 0.5) is 22.0 Å². The van der Waals surface area contributed by atoms with Crippen molar-refractivity contribution >= 4 is 21.9 Å². The fourth-order valence-corrected chi connectivity index (χ4v) is 1.79. The van der Waals surface area contributed by atoms with Gasteiger partial charge in [-0.15, -0.1) is 0 Å². The first kappa shape index (κ1) is 15.8. The van der Waals surface area contributed by atoms with Crippen molar-refractivity contribution in [3.05, 3.63) is 27.5 Å². The SMILES string of the molecule is COC(=O)Cc1nc(Br)c(C(F)F)cc1C(F)(F)F. The minimum Gasteiger partial charge on any atom is -0.469 e. The predicted molar refractivity (Wildman–Crippen MR) is 57.6 cm³/mol. The van der Waals surface area contributed by atoms with Crippen LogP contribution in [0.25, 0.3) is 0 Å². The van der Waals surface area contributed by atoms with Crippen LogP contribution in [0, 0.1) is 0 Å². The van der Waals surface area contributed by atoms with Crippen molar-refractivity contribution in [2.24, 2.45) is 0 Å². The van der Waals surface area contributed by atoms with Gasteiger partial charge in [-0.25, -0.2) is 13.8 Å². The minimum atomic E-state index is -4.89. The zero-order valence-electron chi connectivity index (χ0n) is 9.39. The Kier molecular flexibility index (Phi) is 4.83. The van der Waals surface area contributed by atoms with Gasteiger partial charge in [-0.1, -0.05) is 0 Å². The highest BCUT2D eigenvalue weighted by atomic mass is 79.9. The van der Waals surface area contributed by atoms with E-state index in [-0.39, 0.29) is 6.07 Å². The number of pyridine rings is 1. The normalized spacial score (nSPS) is 11.8. The molecular formula is C10H7BrF5NO2. The van der Waals surface area contributed by atoms with Crippen LogP contribution < -0.4 is 0 Å². The first-order valence-electron chi connectivity index (χ1n) is 4.78. The molecule has 106 valence electrons. The number of alkyl halides is 5. The molecule has 9 heteroatoms. The summed E-state index contributed by atoms with van der Waals surface area (Å²) in [6, 6.07) is 0.278. The molecule has 0 amide bonds. The van der Waals surface area contributed by atoms with Crippen molar-refractivity contribution in [3.8, 4) is 0 Å². The van der Waals surface area contributed by atoms with E-state index in [9.17, 15) is 26.7 Å². The summed E-state index contributed by atoms with van der Waals surface area (Å²) in [4.78, 5) is 14.4. The zero-order valence-corrected chi connectivity index (χ0v) is 11.0. The topological polar surface area (TPSA) is 39.2 Å². The smallest absolute Gasteiger partial charge is 0.418 e. The lowest BCUT2D eigenvalue weighted by Crippen LogP contribution is -2.16. The molecule has 0 N–H and O–H groups in total. The molecular weight excluding hydrogens is 341 g/mol. The Morgan fingerprint density at radius 1 is 1.47 bits per heavy atom. The second kappa shape index (κ2) is 5.81. The number of carbonyl (C=O) groups is 1. The zero-order chi connectivity index (χ0) is 14.8. The van der Waals surface area contributed by atoms with Crippen LogP contribution in [-0.2, 0) is 22.1 Å². The number of aromatic nitrogens is 1. The molecule has 3 nitrogen and oxygen atoms in total. The van der Waals surface area contributed by atoms with Crippen LogP contribution >= 0.6 is 15.9 Å². The number of hydrogen-bond acceptors (Lipinski definition) is 3. The summed E-state index contributed by atoms with van der Waals surface area (Å²) < 4.78 is 67.0. The van der Waals surface area contributed by atoms with Crippen molar-refractivity contribution in [1.29, 1.82) is 0 Å². The number of rotatable bonds is 3. The van der Waals surface area contributed by atoms with Crippen LogP contribution in [-0.4, -0.2) is 18.1 Å². The first-order chi connectivity index (χ1) is 8.66. The number of hydrogen-bond donors (Lipinski definition) is 0. The highest BCUT2D eigenvalue weighted by molar-refractivity contribution is 9.10. The van der Waals surface area contributed by atoms with E-state index in [1.165, 1.54) is 0 Å². The molecule has 0 fully saturated rings. The summed E-state index contributed by atoms with van der Waals surface area (Å²) >= 11 is 2.65. The van der Waals surface area contributed by atoms with Gasteiger partial charge in [-0.05, 0) is 22.0 Å². The summed E-state index contributed by atoms with van der Waals surface area (Å²) in [7, 11) is 0.998. The molecule has 0 unspecified atom stereocenters. The highest BCUT2D eigenvalue weighted by Crippen LogP contribution is 2.36. The summed E-state index contributed by atoms with van der Waals surface area (Å²) in [5.41, 5.74) is -2.94. The Hall–Kier alpha value is -1.25. The lowest BCUT2D eigenvalue weighted by molar-refractivity contribution is -0.141. The predicted octanol–water partition coefficient (Wildman–Crippen LogP) is 3.52. The van der Waals surface area contributed by atoms with E-state index in [2.05, 4.69) is 25.7 Å². The Labute approximate surface area is 112 Å². The summed E-state index contributed by atoms with van der Waals surface area (Å²) in [5.74, 6) is -0.949. The maximum atomic E-state index is 12.7. The summed E-state index contributed by atoms with van der Waals surface area (Å²) in [6.45, 7) is 0. The van der Waals surface area contributed by atoms with Crippen LogP contribution in [0.3, 0.4) is 0 Å². The first-order valence-corrected chi connectivity index (χ1v) is 5.57. The standard InChI is InChI=1S/C10H7BrF5NO2/c1-19-7(18)3-6-5(10(14,15)16)2-4(9(12)13)8(11)17-6/h2,9H,3H2,1H3. The third kappa shape index (κ3) is 3.85. The van der Waals surface area contributed by atoms with Crippen LogP contribution in [0.5, 0.6) is 0 Å². The Morgan fingerprint density at radius 2 is 2.05 bits per heavy atom. The van der Waals surface area contributed by atoms with Crippen LogP contribution in [0.15, 0.2) is 10.7 Å². The molecule has 1 aromatic rings. The van der Waals surface area contributed by atoms with Gasteiger partial charge in [-0.3, -0.25) is 4.79 Å². The fourth-order valence-electron chi connectivity index (χ4n) is 1.28. The lowest BCUT2D eigenvalue weighted by atomic mass is 10.1. The van der Waals surface area contributed by atoms with Crippen molar-refractivity contribution in [3.63, 3.8) is 0 Å². The fraction of sp³-hybridized carbons (Fsp3) is 0.400. The van der Waals surface area contributed by atoms with Gasteiger partial charge in [0.15, 0.2) is 0 Å². The quantitative estimate of drug-likeness (QED) is 0.477. The molecule has 1 rings (SSSR count). The number of carbonyl (C=O) groups excluding carboxylic acids is 1. The molecule has 0 aliphatic rings. The lowest BCUT2D eigenvalue weighted by Gasteiger charge is -2.14. The second-order valence-corrected chi connectivity index (χ2v) is 4.17. The molecule has 0 saturated carbocycles. The molecule has 0 radical (unpaired) electrons. The minimum absolute atomic E-state index is 0.278. The molecule has 0 aliphatic heterocycles. The van der Waals surface area contributed by atoms with E-state index in [0.717, 1.165) is 7.11 Å². The molecule has 19 heavy (non-hydrogen) atoms. The average molecular weight is 348 g/mol. The maximum absolute atomic E-state index is 12.7. The third-order valence-corrected chi connectivity index (χ3v) is 2.80. The highest BCUT2D eigenvalue weighted by Gasteiger charge is 2.36. The van der Waals surface area contributed by atoms with E-state index < -0.39 is 46.4 Å². The Balaban J connectivity index is 3.37. The van der Waals surface area contributed by atoms with Crippen molar-refractivity contribution in [2.75, 3.05) is 7.11 Å². The summed E-state index contributed by atoms with van der Waals surface area (Å²) in [6.07, 6.45) is -8.76. The van der Waals surface area contributed by atoms with Gasteiger partial charge in [0.25, 0.3) is 6.43 Å². The molecule has 0 atom stereocenters. The van der Waals surface area contributed by atoms with Crippen molar-refractivity contribution in [2.45, 2.75) is 19.0 Å². The van der Waals surface area contributed by atoms with Gasteiger partial charge in [0.05, 0.1) is 30.4 Å². The number of methoxy groups -OCH3 is 1. The Morgan fingerprint density at radius 3 is 2.47 bits per heavy atom. The van der Waals surface area contributed by atoms with E-state index in [1.54, 1.807) is 0 Å². The van der Waals surface area contributed by atoms with Gasteiger partial charge < -0.3 is 4.74 Å². The van der Waals surface area contributed by atoms with E-state index in [4.69, 9.17) is 0 Å². The molecule has 1 heterocycles. The number of nitrogens with zero attached hydrogens (tertiary/aromatic N) is 1. The molecule has 0 saturated heterocycles. The molecule has 0 spiro atoms. The van der Waals surface area contributed by atoms with E-state index in [0.29, 0.717) is 0 Å². The number of ether oxygens (including phenoxy) is 1. The Bertz CT molecular complexity index is 490. The van der Waals surface area contributed by atoms with Crippen LogP contribution in [0.1, 0.15) is 23.2 Å². The van der Waals surface area contributed by atoms with Gasteiger partial charge in [0.1, 0.15) is 4.60 Å². The molecule has 0 aromatic carbocycles. The monoisotopic (exact) mass is 347 g/mol. The third-order valence-electron chi connectivity index (χ3n) is 2.16. The van der Waals surface area contributed by atoms with Crippen molar-refractivity contribution in [1.82, 2.24) is 4.98 Å². The van der Waals surface area contributed by atoms with Gasteiger partial charge in [-0.2, -0.15) is 13.2 Å². The molecule has 0 bridgehead atoms. The number of halogens is 6. The van der Waals surface area contributed by atoms with E-state index in [1.807, 2.05) is 0 Å². The average Bonchev–Trinajstić information content (AvgIpc) is 2.26. The summed E-state index contributed by atoms with van der Waals surface area (Å²) in [5, 5.41) is 0. The van der Waals surface area contributed by atoms with Gasteiger partial charge in [0, 0.05) is 0 Å². The maximum Gasteiger partial charge on any atom is 0.418 e. The molecule has 1 aromatic heterocycles. The van der Waals surface area contributed by atoms with Crippen LogP contribution in [0.2, 0.25) is 0 Å². The number of esters is 1. The van der Waals surface area contributed by atoms with E-state index >= 15 is 0 Å². The van der Waals surface area contributed by atoms with Gasteiger partial charge in [0.2, 0.25) is 0 Å². The molecule has 0 aliphatic carbocycles.